The van der Waals surface area contributed by atoms with E-state index in [2.05, 4.69) is 10.5 Å². The molecule has 1 spiro atoms. The molecule has 1 saturated carbocycles. The standard InChI is InChI=1S/C19H21ClFN3O2/c1-11(18(25)22-15-5-3-14(20)4-6-15)13-7-19(8-13)9-24(10-19)17-16(21)12(2)26-23-17/h3-6,11,13H,7-10H2,1-2H3,(H,22,25)/t11-/m1/s1. The van der Waals surface area contributed by atoms with Crippen molar-refractivity contribution in [2.45, 2.75) is 26.7 Å². The smallest absolute Gasteiger partial charge is 0.227 e. The number of rotatable bonds is 4. The molecule has 26 heavy (non-hydrogen) atoms. The Morgan fingerprint density at radius 1 is 1.38 bits per heavy atom. The number of carbonyl (C=O) groups is 1. The van der Waals surface area contributed by atoms with E-state index in [1.54, 1.807) is 31.2 Å². The van der Waals surface area contributed by atoms with Crippen molar-refractivity contribution in [1.29, 1.82) is 0 Å². The Morgan fingerprint density at radius 3 is 2.62 bits per heavy atom. The molecule has 4 rings (SSSR count). The lowest BCUT2D eigenvalue weighted by Crippen LogP contribution is -2.64. The Hall–Kier alpha value is -2.08. The Kier molecular flexibility index (Phi) is 4.18. The molecule has 2 aromatic rings. The van der Waals surface area contributed by atoms with E-state index in [1.165, 1.54) is 0 Å². The van der Waals surface area contributed by atoms with Crippen LogP contribution in [-0.4, -0.2) is 24.2 Å². The predicted octanol–water partition coefficient (Wildman–Crippen LogP) is 4.27. The van der Waals surface area contributed by atoms with Crippen LogP contribution in [0.25, 0.3) is 0 Å². The number of halogens is 2. The maximum atomic E-state index is 13.9. The highest BCUT2D eigenvalue weighted by molar-refractivity contribution is 6.30. The fraction of sp³-hybridized carbons (Fsp3) is 0.474. The van der Waals surface area contributed by atoms with E-state index in [0.29, 0.717) is 16.8 Å². The third kappa shape index (κ3) is 2.96. The van der Waals surface area contributed by atoms with Gasteiger partial charge in [0.1, 0.15) is 0 Å². The minimum absolute atomic E-state index is 0.0292. The number of aryl methyl sites for hydroxylation is 1. The topological polar surface area (TPSA) is 58.4 Å². The van der Waals surface area contributed by atoms with E-state index >= 15 is 0 Å². The lowest BCUT2D eigenvalue weighted by molar-refractivity contribution is -0.124. The van der Waals surface area contributed by atoms with Gasteiger partial charge in [-0.15, -0.1) is 0 Å². The van der Waals surface area contributed by atoms with Gasteiger partial charge in [0, 0.05) is 35.1 Å². The second-order valence-corrected chi connectivity index (χ2v) is 8.12. The Balaban J connectivity index is 1.29. The van der Waals surface area contributed by atoms with Gasteiger partial charge >= 0.3 is 0 Å². The summed E-state index contributed by atoms with van der Waals surface area (Å²) in [6.07, 6.45) is 1.97. The summed E-state index contributed by atoms with van der Waals surface area (Å²) in [6.45, 7) is 5.09. The number of aromatic nitrogens is 1. The molecule has 1 saturated heterocycles. The van der Waals surface area contributed by atoms with Crippen LogP contribution >= 0.6 is 11.6 Å². The van der Waals surface area contributed by atoms with Gasteiger partial charge in [-0.25, -0.2) is 0 Å². The van der Waals surface area contributed by atoms with E-state index < -0.39 is 0 Å². The summed E-state index contributed by atoms with van der Waals surface area (Å²) in [5.41, 5.74) is 0.950. The zero-order valence-electron chi connectivity index (χ0n) is 14.8. The SMILES string of the molecule is Cc1onc(N2CC3(CC([C@@H](C)C(=O)Nc4ccc(Cl)cc4)C3)C2)c1F. The summed E-state index contributed by atoms with van der Waals surface area (Å²) >= 11 is 5.86. The molecule has 0 radical (unpaired) electrons. The van der Waals surface area contributed by atoms with Crippen molar-refractivity contribution in [3.8, 4) is 0 Å². The van der Waals surface area contributed by atoms with Crippen LogP contribution in [0.15, 0.2) is 28.8 Å². The average molecular weight is 378 g/mol. The Morgan fingerprint density at radius 2 is 2.04 bits per heavy atom. The third-order valence-electron chi connectivity index (χ3n) is 5.75. The van der Waals surface area contributed by atoms with E-state index in [4.69, 9.17) is 16.1 Å². The van der Waals surface area contributed by atoms with E-state index in [9.17, 15) is 9.18 Å². The molecule has 1 aromatic heterocycles. The monoisotopic (exact) mass is 377 g/mol. The fourth-order valence-corrected chi connectivity index (χ4v) is 4.25. The number of anilines is 2. The molecule has 1 atom stereocenters. The first-order valence-corrected chi connectivity index (χ1v) is 9.18. The molecule has 2 heterocycles. The molecular weight excluding hydrogens is 357 g/mol. The molecule has 1 N–H and O–H groups in total. The maximum Gasteiger partial charge on any atom is 0.227 e. The van der Waals surface area contributed by atoms with Crippen LogP contribution in [0.5, 0.6) is 0 Å². The minimum Gasteiger partial charge on any atom is -0.356 e. The normalized spacial score (nSPS) is 19.8. The highest BCUT2D eigenvalue weighted by Crippen LogP contribution is 2.55. The van der Waals surface area contributed by atoms with Crippen molar-refractivity contribution >= 4 is 29.0 Å². The van der Waals surface area contributed by atoms with Crippen LogP contribution in [0.2, 0.25) is 5.02 Å². The summed E-state index contributed by atoms with van der Waals surface area (Å²) in [6, 6.07) is 7.11. The molecule has 7 heteroatoms. The van der Waals surface area contributed by atoms with E-state index in [-0.39, 0.29) is 28.8 Å². The number of nitrogens with zero attached hydrogens (tertiary/aromatic N) is 2. The van der Waals surface area contributed by atoms with Crippen molar-refractivity contribution in [2.75, 3.05) is 23.3 Å². The molecule has 1 aliphatic heterocycles. The number of nitrogens with one attached hydrogen (secondary N) is 1. The predicted molar refractivity (Wildman–Crippen MR) is 97.8 cm³/mol. The van der Waals surface area contributed by atoms with Crippen molar-refractivity contribution in [2.24, 2.45) is 17.3 Å². The highest BCUT2D eigenvalue weighted by Gasteiger charge is 2.55. The van der Waals surface area contributed by atoms with Crippen molar-refractivity contribution in [3.05, 3.63) is 40.9 Å². The molecule has 2 fully saturated rings. The number of hydrogen-bond acceptors (Lipinski definition) is 4. The van der Waals surface area contributed by atoms with Gasteiger partial charge < -0.3 is 14.7 Å². The van der Waals surface area contributed by atoms with Gasteiger partial charge in [0.25, 0.3) is 0 Å². The fourth-order valence-electron chi connectivity index (χ4n) is 4.13. The van der Waals surface area contributed by atoms with Crippen LogP contribution in [0.4, 0.5) is 15.9 Å². The number of amides is 1. The van der Waals surface area contributed by atoms with Crippen LogP contribution in [0.3, 0.4) is 0 Å². The summed E-state index contributed by atoms with van der Waals surface area (Å²) < 4.78 is 18.8. The van der Waals surface area contributed by atoms with Gasteiger partial charge in [-0.3, -0.25) is 4.79 Å². The molecule has 138 valence electrons. The molecular formula is C19H21ClFN3O2. The summed E-state index contributed by atoms with van der Waals surface area (Å²) in [4.78, 5) is 14.4. The summed E-state index contributed by atoms with van der Waals surface area (Å²) in [7, 11) is 0. The molecule has 1 amide bonds. The maximum absolute atomic E-state index is 13.9. The zero-order chi connectivity index (χ0) is 18.5. The van der Waals surface area contributed by atoms with Crippen LogP contribution in [0.1, 0.15) is 25.5 Å². The minimum atomic E-state index is -0.369. The molecule has 1 aliphatic carbocycles. The first-order valence-electron chi connectivity index (χ1n) is 8.80. The van der Waals surface area contributed by atoms with Gasteiger partial charge in [0.05, 0.1) is 0 Å². The van der Waals surface area contributed by atoms with Gasteiger partial charge in [-0.2, -0.15) is 4.39 Å². The number of benzene rings is 1. The third-order valence-corrected chi connectivity index (χ3v) is 6.00. The molecule has 0 unspecified atom stereocenters. The first-order chi connectivity index (χ1) is 12.4. The second-order valence-electron chi connectivity index (χ2n) is 7.69. The highest BCUT2D eigenvalue weighted by atomic mass is 35.5. The van der Waals surface area contributed by atoms with Crippen LogP contribution in [0, 0.1) is 30.0 Å². The zero-order valence-corrected chi connectivity index (χ0v) is 15.5. The number of hydrogen-bond donors (Lipinski definition) is 1. The molecule has 2 aliphatic rings. The van der Waals surface area contributed by atoms with E-state index in [1.807, 2.05) is 11.8 Å². The Labute approximate surface area is 156 Å². The largest absolute Gasteiger partial charge is 0.356 e. The van der Waals surface area contributed by atoms with Gasteiger partial charge in [-0.1, -0.05) is 23.7 Å². The van der Waals surface area contributed by atoms with Gasteiger partial charge in [0.15, 0.2) is 5.76 Å². The molecule has 0 bridgehead atoms. The molecule has 1 aromatic carbocycles. The van der Waals surface area contributed by atoms with Crippen molar-refractivity contribution in [1.82, 2.24) is 5.16 Å². The van der Waals surface area contributed by atoms with Gasteiger partial charge in [-0.05, 0) is 49.9 Å². The van der Waals surface area contributed by atoms with Crippen LogP contribution < -0.4 is 10.2 Å². The summed E-state index contributed by atoms with van der Waals surface area (Å²) in [5, 5.41) is 7.39. The summed E-state index contributed by atoms with van der Waals surface area (Å²) in [5.74, 6) is 0.489. The van der Waals surface area contributed by atoms with E-state index in [0.717, 1.165) is 31.6 Å². The lowest BCUT2D eigenvalue weighted by Gasteiger charge is -2.60. The average Bonchev–Trinajstić information content (AvgIpc) is 2.86. The lowest BCUT2D eigenvalue weighted by atomic mass is 9.55. The van der Waals surface area contributed by atoms with Gasteiger partial charge in [0.2, 0.25) is 17.5 Å². The Bertz CT molecular complexity index is 822. The number of carbonyl (C=O) groups excluding carboxylic acids is 1. The quantitative estimate of drug-likeness (QED) is 0.864. The molecule has 5 nitrogen and oxygen atoms in total. The second kappa shape index (κ2) is 6.27. The van der Waals surface area contributed by atoms with Crippen LogP contribution in [-0.2, 0) is 4.79 Å². The van der Waals surface area contributed by atoms with Crippen molar-refractivity contribution < 1.29 is 13.7 Å². The van der Waals surface area contributed by atoms with Crippen molar-refractivity contribution in [3.63, 3.8) is 0 Å². The first kappa shape index (κ1) is 17.3.